The van der Waals surface area contributed by atoms with Gasteiger partial charge in [-0.05, 0) is 48.4 Å². The second-order valence-electron chi connectivity index (χ2n) is 5.16. The van der Waals surface area contributed by atoms with Crippen LogP contribution in [0.25, 0.3) is 16.8 Å². The van der Waals surface area contributed by atoms with Gasteiger partial charge in [-0.15, -0.1) is 0 Å². The Morgan fingerprint density at radius 1 is 1.11 bits per heavy atom. The summed E-state index contributed by atoms with van der Waals surface area (Å²) in [5.74, 6) is 0.904. The molecule has 0 bridgehead atoms. The van der Waals surface area contributed by atoms with Crippen molar-refractivity contribution in [2.24, 2.45) is 0 Å². The Morgan fingerprint density at radius 2 is 1.79 bits per heavy atom. The third-order valence-electron chi connectivity index (χ3n) is 3.26. The Hall–Kier alpha value is -2.09. The molecule has 2 aromatic carbocycles. The highest BCUT2D eigenvalue weighted by Crippen LogP contribution is 2.29. The first kappa shape index (κ1) is 12.0. The van der Waals surface area contributed by atoms with Crippen molar-refractivity contribution >= 4 is 22.6 Å². The maximum atomic E-state index is 12.2. The van der Waals surface area contributed by atoms with Gasteiger partial charge in [0.1, 0.15) is 5.76 Å². The highest BCUT2D eigenvalue weighted by molar-refractivity contribution is 6.06. The van der Waals surface area contributed by atoms with Crippen LogP contribution in [0, 0.1) is 0 Å². The van der Waals surface area contributed by atoms with Crippen molar-refractivity contribution < 1.29 is 9.53 Å². The lowest BCUT2D eigenvalue weighted by Gasteiger charge is -2.19. The van der Waals surface area contributed by atoms with Gasteiger partial charge in [-0.3, -0.25) is 4.79 Å². The van der Waals surface area contributed by atoms with Crippen molar-refractivity contribution in [2.45, 2.75) is 26.4 Å². The van der Waals surface area contributed by atoms with Crippen molar-refractivity contribution in [1.29, 1.82) is 0 Å². The van der Waals surface area contributed by atoms with Crippen LogP contribution < -0.4 is 0 Å². The van der Waals surface area contributed by atoms with Gasteiger partial charge in [-0.25, -0.2) is 0 Å². The first-order valence-electron chi connectivity index (χ1n) is 6.57. The van der Waals surface area contributed by atoms with Gasteiger partial charge >= 0.3 is 0 Å². The van der Waals surface area contributed by atoms with Gasteiger partial charge in [-0.2, -0.15) is 0 Å². The van der Waals surface area contributed by atoms with E-state index < -0.39 is 0 Å². The zero-order chi connectivity index (χ0) is 13.4. The van der Waals surface area contributed by atoms with E-state index in [1.807, 2.05) is 44.2 Å². The fourth-order valence-electron chi connectivity index (χ4n) is 2.48. The third kappa shape index (κ3) is 2.26. The van der Waals surface area contributed by atoms with E-state index in [0.717, 1.165) is 27.7 Å². The van der Waals surface area contributed by atoms with Crippen LogP contribution in [0.1, 0.15) is 36.2 Å². The molecule has 0 amide bonds. The maximum absolute atomic E-state index is 12.2. The molecule has 0 atom stereocenters. The van der Waals surface area contributed by atoms with Crippen LogP contribution in [0.4, 0.5) is 0 Å². The van der Waals surface area contributed by atoms with Crippen LogP contribution in [0.2, 0.25) is 0 Å². The molecule has 2 aromatic rings. The summed E-state index contributed by atoms with van der Waals surface area (Å²) >= 11 is 0. The molecular weight excluding hydrogens is 236 g/mol. The fraction of sp³-hybridized carbons (Fsp3) is 0.235. The molecule has 2 heteroatoms. The van der Waals surface area contributed by atoms with Crippen molar-refractivity contribution in [3.05, 3.63) is 53.3 Å². The predicted octanol–water partition coefficient (Wildman–Crippen LogP) is 4.19. The van der Waals surface area contributed by atoms with Crippen molar-refractivity contribution in [3.63, 3.8) is 0 Å². The molecule has 19 heavy (non-hydrogen) atoms. The van der Waals surface area contributed by atoms with E-state index in [2.05, 4.69) is 12.1 Å². The number of carbonyl (C=O) groups excluding carboxylic acids is 1. The van der Waals surface area contributed by atoms with E-state index in [4.69, 9.17) is 4.74 Å². The molecule has 0 fully saturated rings. The summed E-state index contributed by atoms with van der Waals surface area (Å²) in [7, 11) is 0. The summed E-state index contributed by atoms with van der Waals surface area (Å²) in [5, 5.41) is 2.26. The fourth-order valence-corrected chi connectivity index (χ4v) is 2.48. The molecule has 0 heterocycles. The molecule has 96 valence electrons. The van der Waals surface area contributed by atoms with Gasteiger partial charge < -0.3 is 4.74 Å². The van der Waals surface area contributed by atoms with E-state index in [9.17, 15) is 4.79 Å². The number of hydrogen-bond acceptors (Lipinski definition) is 2. The second kappa shape index (κ2) is 4.54. The summed E-state index contributed by atoms with van der Waals surface area (Å²) in [6.07, 6.45) is 2.45. The zero-order valence-electron chi connectivity index (χ0n) is 11.1. The van der Waals surface area contributed by atoms with Crippen LogP contribution >= 0.6 is 0 Å². The molecule has 2 nitrogen and oxygen atoms in total. The summed E-state index contributed by atoms with van der Waals surface area (Å²) in [4.78, 5) is 12.2. The largest absolute Gasteiger partial charge is 0.495 e. The lowest BCUT2D eigenvalue weighted by molar-refractivity contribution is 0.0926. The van der Waals surface area contributed by atoms with Gasteiger partial charge in [0.25, 0.3) is 0 Å². The van der Waals surface area contributed by atoms with Crippen LogP contribution in [0.3, 0.4) is 0 Å². The topological polar surface area (TPSA) is 26.3 Å². The first-order valence-corrected chi connectivity index (χ1v) is 6.57. The number of carbonyl (C=O) groups is 1. The molecule has 0 N–H and O–H groups in total. The highest BCUT2D eigenvalue weighted by atomic mass is 16.5. The molecule has 0 saturated carbocycles. The van der Waals surface area contributed by atoms with E-state index in [1.165, 1.54) is 0 Å². The molecule has 0 aromatic heterocycles. The Balaban J connectivity index is 2.13. The smallest absolute Gasteiger partial charge is 0.171 e. The summed E-state index contributed by atoms with van der Waals surface area (Å²) in [6, 6.07) is 12.1. The molecule has 3 rings (SSSR count). The van der Waals surface area contributed by atoms with E-state index in [1.54, 1.807) is 0 Å². The van der Waals surface area contributed by atoms with Crippen LogP contribution in [0.15, 0.2) is 42.2 Å². The number of benzene rings is 2. The molecular formula is C17H16O2. The number of rotatable bonds is 2. The summed E-state index contributed by atoms with van der Waals surface area (Å²) < 4.78 is 5.67. The van der Waals surface area contributed by atoms with Crippen molar-refractivity contribution in [2.75, 3.05) is 0 Å². The Morgan fingerprint density at radius 3 is 2.47 bits per heavy atom. The quantitative estimate of drug-likeness (QED) is 0.801. The zero-order valence-corrected chi connectivity index (χ0v) is 11.1. The normalized spacial score (nSPS) is 14.5. The van der Waals surface area contributed by atoms with Gasteiger partial charge in [-0.1, -0.05) is 24.3 Å². The van der Waals surface area contributed by atoms with E-state index in [-0.39, 0.29) is 11.9 Å². The van der Waals surface area contributed by atoms with Crippen molar-refractivity contribution in [3.8, 4) is 0 Å². The Kier molecular flexibility index (Phi) is 2.86. The molecule has 1 aliphatic rings. The van der Waals surface area contributed by atoms with Crippen LogP contribution in [-0.2, 0) is 4.74 Å². The van der Waals surface area contributed by atoms with Gasteiger partial charge in [0.2, 0.25) is 0 Å². The van der Waals surface area contributed by atoms with Crippen LogP contribution in [-0.4, -0.2) is 11.9 Å². The number of hydrogen-bond donors (Lipinski definition) is 0. The minimum atomic E-state index is 0.0982. The number of ketones is 1. The molecule has 0 unspecified atom stereocenters. The first-order chi connectivity index (χ1) is 9.13. The lowest BCUT2D eigenvalue weighted by Crippen LogP contribution is -2.12. The van der Waals surface area contributed by atoms with Gasteiger partial charge in [0, 0.05) is 5.56 Å². The molecule has 0 radical (unpaired) electrons. The number of allylic oxidation sites excluding steroid dienone is 1. The predicted molar refractivity (Wildman–Crippen MR) is 77.1 cm³/mol. The average molecular weight is 252 g/mol. The lowest BCUT2D eigenvalue weighted by atomic mass is 9.92. The number of fused-ring (bicyclic) bond motifs is 2. The van der Waals surface area contributed by atoms with E-state index >= 15 is 0 Å². The van der Waals surface area contributed by atoms with E-state index in [0.29, 0.717) is 6.42 Å². The molecule has 0 spiro atoms. The molecule has 0 aliphatic heterocycles. The minimum Gasteiger partial charge on any atom is -0.495 e. The minimum absolute atomic E-state index is 0.0982. The molecule has 0 saturated heterocycles. The monoisotopic (exact) mass is 252 g/mol. The van der Waals surface area contributed by atoms with Crippen LogP contribution in [0.5, 0.6) is 0 Å². The summed E-state index contributed by atoms with van der Waals surface area (Å²) in [6.45, 7) is 3.95. The standard InChI is InChI=1S/C17H16O2/c1-11(2)19-15-8-14-7-12-5-3-4-6-13(12)9-16(14)17(18)10-15/h3-9,11H,10H2,1-2H3. The summed E-state index contributed by atoms with van der Waals surface area (Å²) in [5.41, 5.74) is 1.76. The van der Waals surface area contributed by atoms with Gasteiger partial charge in [0.15, 0.2) is 5.78 Å². The number of ether oxygens (including phenoxy) is 1. The van der Waals surface area contributed by atoms with Crippen molar-refractivity contribution in [1.82, 2.24) is 0 Å². The Bertz CT molecular complexity index is 681. The Labute approximate surface area is 112 Å². The third-order valence-corrected chi connectivity index (χ3v) is 3.26. The highest BCUT2D eigenvalue weighted by Gasteiger charge is 2.20. The maximum Gasteiger partial charge on any atom is 0.171 e. The average Bonchev–Trinajstić information content (AvgIpc) is 2.36. The molecule has 1 aliphatic carbocycles. The number of Topliss-reactive ketones (excluding diaryl/α,β-unsaturated/α-hetero) is 1. The SMILES string of the molecule is CC(C)OC1=Cc2cc3ccccc3cc2C(=O)C1. The van der Waals surface area contributed by atoms with Gasteiger partial charge in [0.05, 0.1) is 12.5 Å². The second-order valence-corrected chi connectivity index (χ2v) is 5.16.